The van der Waals surface area contributed by atoms with Gasteiger partial charge in [-0.25, -0.2) is 0 Å². The van der Waals surface area contributed by atoms with Crippen LogP contribution in [0.4, 0.5) is 0 Å². The Labute approximate surface area is 97.7 Å². The summed E-state index contributed by atoms with van der Waals surface area (Å²) in [6.07, 6.45) is 6.55. The molecule has 0 rings (SSSR count). The van der Waals surface area contributed by atoms with Crippen molar-refractivity contribution >= 4 is 10.8 Å². The number of rotatable bonds is 9. The van der Waals surface area contributed by atoms with Gasteiger partial charge in [-0.2, -0.15) is 0 Å². The average molecular weight is 233 g/mol. The van der Waals surface area contributed by atoms with Crippen LogP contribution in [0.3, 0.4) is 0 Å². The van der Waals surface area contributed by atoms with Crippen molar-refractivity contribution in [3.05, 3.63) is 0 Å². The van der Waals surface area contributed by atoms with Gasteiger partial charge in [0.05, 0.1) is 0 Å². The standard InChI is InChI=1S/C12H27NOS/c1-5-8-11(3)12(6-2)13-9-7-10-15(4)14/h11-13H,5-10H2,1-4H3. The molecule has 0 aromatic heterocycles. The second kappa shape index (κ2) is 9.34. The summed E-state index contributed by atoms with van der Waals surface area (Å²) in [5, 5.41) is 3.57. The fraction of sp³-hybridized carbons (Fsp3) is 1.00. The topological polar surface area (TPSA) is 29.1 Å². The molecule has 2 nitrogen and oxygen atoms in total. The Bertz CT molecular complexity index is 173. The zero-order valence-electron chi connectivity index (χ0n) is 10.7. The summed E-state index contributed by atoms with van der Waals surface area (Å²) in [5.41, 5.74) is 0. The molecule has 0 spiro atoms. The van der Waals surface area contributed by atoms with Crippen molar-refractivity contribution in [1.29, 1.82) is 0 Å². The van der Waals surface area contributed by atoms with Gasteiger partial charge in [-0.1, -0.05) is 27.2 Å². The second-order valence-electron chi connectivity index (χ2n) is 4.37. The van der Waals surface area contributed by atoms with Crippen molar-refractivity contribution in [2.24, 2.45) is 5.92 Å². The number of nitrogens with one attached hydrogen (secondary N) is 1. The van der Waals surface area contributed by atoms with Crippen molar-refractivity contribution in [2.45, 2.75) is 52.5 Å². The molecule has 0 saturated heterocycles. The van der Waals surface area contributed by atoms with Crippen LogP contribution in [-0.2, 0) is 10.8 Å². The van der Waals surface area contributed by atoms with Crippen molar-refractivity contribution in [3.63, 3.8) is 0 Å². The highest BCUT2D eigenvalue weighted by atomic mass is 32.2. The summed E-state index contributed by atoms with van der Waals surface area (Å²) in [7, 11) is -0.636. The van der Waals surface area contributed by atoms with Crippen LogP contribution in [0.2, 0.25) is 0 Å². The quantitative estimate of drug-likeness (QED) is 0.620. The number of hydrogen-bond acceptors (Lipinski definition) is 2. The SMILES string of the molecule is CCCC(C)C(CC)NCCCS(C)=O. The molecule has 0 heterocycles. The molecular weight excluding hydrogens is 206 g/mol. The Hall–Kier alpha value is 0.110. The third-order valence-electron chi connectivity index (χ3n) is 2.89. The van der Waals surface area contributed by atoms with Crippen molar-refractivity contribution in [2.75, 3.05) is 18.6 Å². The normalized spacial score (nSPS) is 17.3. The Morgan fingerprint density at radius 1 is 1.33 bits per heavy atom. The Balaban J connectivity index is 3.65. The van der Waals surface area contributed by atoms with Crippen LogP contribution in [0.5, 0.6) is 0 Å². The van der Waals surface area contributed by atoms with E-state index in [0.29, 0.717) is 6.04 Å². The third-order valence-corrected chi connectivity index (χ3v) is 3.75. The molecule has 3 heteroatoms. The van der Waals surface area contributed by atoms with Crippen molar-refractivity contribution in [3.8, 4) is 0 Å². The van der Waals surface area contributed by atoms with Crippen LogP contribution in [0.25, 0.3) is 0 Å². The fourth-order valence-corrected chi connectivity index (χ4v) is 2.52. The van der Waals surface area contributed by atoms with Gasteiger partial charge in [-0.05, 0) is 31.7 Å². The molecule has 15 heavy (non-hydrogen) atoms. The molecule has 0 saturated carbocycles. The lowest BCUT2D eigenvalue weighted by atomic mass is 9.95. The van der Waals surface area contributed by atoms with Crippen LogP contribution >= 0.6 is 0 Å². The molecule has 3 unspecified atom stereocenters. The maximum absolute atomic E-state index is 10.9. The van der Waals surface area contributed by atoms with Gasteiger partial charge in [0, 0.05) is 28.9 Å². The Morgan fingerprint density at radius 2 is 2.00 bits per heavy atom. The van der Waals surface area contributed by atoms with Gasteiger partial charge < -0.3 is 5.32 Å². The molecule has 0 bridgehead atoms. The maximum Gasteiger partial charge on any atom is 0.0244 e. The van der Waals surface area contributed by atoms with Gasteiger partial charge in [-0.3, -0.25) is 4.21 Å². The Kier molecular flexibility index (Phi) is 9.41. The molecule has 0 aromatic rings. The summed E-state index contributed by atoms with van der Waals surface area (Å²) >= 11 is 0. The van der Waals surface area contributed by atoms with E-state index in [1.54, 1.807) is 6.26 Å². The molecule has 0 fully saturated rings. The van der Waals surface area contributed by atoms with Crippen LogP contribution in [0.1, 0.15) is 46.5 Å². The van der Waals surface area contributed by atoms with Gasteiger partial charge in [0.2, 0.25) is 0 Å². The van der Waals surface area contributed by atoms with E-state index in [2.05, 4.69) is 26.1 Å². The molecule has 3 atom stereocenters. The average Bonchev–Trinajstić information content (AvgIpc) is 2.17. The van der Waals surface area contributed by atoms with Crippen LogP contribution in [0.15, 0.2) is 0 Å². The summed E-state index contributed by atoms with van der Waals surface area (Å²) in [6, 6.07) is 0.634. The molecule has 0 amide bonds. The zero-order chi connectivity index (χ0) is 11.7. The monoisotopic (exact) mass is 233 g/mol. The van der Waals surface area contributed by atoms with E-state index in [1.807, 2.05) is 0 Å². The lowest BCUT2D eigenvalue weighted by Crippen LogP contribution is -2.35. The first kappa shape index (κ1) is 15.1. The highest BCUT2D eigenvalue weighted by Gasteiger charge is 2.13. The zero-order valence-corrected chi connectivity index (χ0v) is 11.5. The van der Waals surface area contributed by atoms with E-state index in [4.69, 9.17) is 0 Å². The predicted octanol–water partition coefficient (Wildman–Crippen LogP) is 2.56. The molecule has 1 N–H and O–H groups in total. The summed E-state index contributed by atoms with van der Waals surface area (Å²) in [4.78, 5) is 0. The third kappa shape index (κ3) is 7.97. The first-order valence-corrected chi connectivity index (χ1v) is 7.87. The largest absolute Gasteiger partial charge is 0.314 e. The smallest absolute Gasteiger partial charge is 0.0244 e. The van der Waals surface area contributed by atoms with Crippen LogP contribution in [-0.4, -0.2) is 28.8 Å². The van der Waals surface area contributed by atoms with E-state index < -0.39 is 10.8 Å². The molecule has 0 aliphatic rings. The van der Waals surface area contributed by atoms with E-state index in [0.717, 1.165) is 24.6 Å². The molecule has 0 radical (unpaired) electrons. The Morgan fingerprint density at radius 3 is 2.47 bits per heavy atom. The highest BCUT2D eigenvalue weighted by Crippen LogP contribution is 2.13. The second-order valence-corrected chi connectivity index (χ2v) is 5.92. The van der Waals surface area contributed by atoms with E-state index in [9.17, 15) is 4.21 Å². The minimum Gasteiger partial charge on any atom is -0.314 e. The van der Waals surface area contributed by atoms with Gasteiger partial charge in [-0.15, -0.1) is 0 Å². The van der Waals surface area contributed by atoms with Crippen LogP contribution < -0.4 is 5.32 Å². The summed E-state index contributed by atoms with van der Waals surface area (Å²) < 4.78 is 10.9. The fourth-order valence-electron chi connectivity index (χ4n) is 1.97. The first-order valence-electron chi connectivity index (χ1n) is 6.15. The molecule has 0 aliphatic carbocycles. The lowest BCUT2D eigenvalue weighted by Gasteiger charge is -2.23. The summed E-state index contributed by atoms with van der Waals surface area (Å²) in [5.74, 6) is 1.58. The van der Waals surface area contributed by atoms with Gasteiger partial charge >= 0.3 is 0 Å². The molecule has 92 valence electrons. The minimum absolute atomic E-state index is 0.634. The maximum atomic E-state index is 10.9. The minimum atomic E-state index is -0.636. The van der Waals surface area contributed by atoms with Crippen LogP contribution in [0, 0.1) is 5.92 Å². The first-order chi connectivity index (χ1) is 7.11. The predicted molar refractivity (Wildman–Crippen MR) is 69.7 cm³/mol. The van der Waals surface area contributed by atoms with Gasteiger partial charge in [0.25, 0.3) is 0 Å². The molecular formula is C12H27NOS. The highest BCUT2D eigenvalue weighted by molar-refractivity contribution is 7.84. The van der Waals surface area contributed by atoms with Gasteiger partial charge in [0.1, 0.15) is 0 Å². The molecule has 0 aliphatic heterocycles. The van der Waals surface area contributed by atoms with Crippen molar-refractivity contribution < 1.29 is 4.21 Å². The van der Waals surface area contributed by atoms with E-state index in [-0.39, 0.29) is 0 Å². The summed E-state index contributed by atoms with van der Waals surface area (Å²) in [6.45, 7) is 7.81. The lowest BCUT2D eigenvalue weighted by molar-refractivity contribution is 0.346. The van der Waals surface area contributed by atoms with E-state index >= 15 is 0 Å². The van der Waals surface area contributed by atoms with Gasteiger partial charge in [0.15, 0.2) is 0 Å². The van der Waals surface area contributed by atoms with Crippen molar-refractivity contribution in [1.82, 2.24) is 5.32 Å². The molecule has 0 aromatic carbocycles. The number of hydrogen-bond donors (Lipinski definition) is 1. The van der Waals surface area contributed by atoms with E-state index in [1.165, 1.54) is 19.3 Å².